The first-order chi connectivity index (χ1) is 19.5. The van der Waals surface area contributed by atoms with Gasteiger partial charge in [-0.25, -0.2) is 14.6 Å². The molecule has 0 saturated carbocycles. The van der Waals surface area contributed by atoms with Crippen LogP contribution in [0.15, 0.2) is 4.52 Å². The lowest BCUT2D eigenvalue weighted by atomic mass is 9.83. The summed E-state index contributed by atoms with van der Waals surface area (Å²) in [6.45, 7) is 9.47. The maximum Gasteiger partial charge on any atom is 0.246 e. The first-order valence-electron chi connectivity index (χ1n) is 15.3. The Bertz CT molecular complexity index is 1360. The summed E-state index contributed by atoms with van der Waals surface area (Å²) in [5.74, 6) is 3.27. The van der Waals surface area contributed by atoms with Gasteiger partial charge in [0.2, 0.25) is 5.88 Å². The maximum atomic E-state index is 13.1. The Morgan fingerprint density at radius 2 is 2.08 bits per heavy atom. The van der Waals surface area contributed by atoms with Crippen LogP contribution >= 0.6 is 0 Å². The van der Waals surface area contributed by atoms with E-state index in [0.717, 1.165) is 93.4 Å². The normalized spacial score (nSPS) is 23.9. The second-order valence-corrected chi connectivity index (χ2v) is 12.0. The Morgan fingerprint density at radius 1 is 1.20 bits per heavy atom. The van der Waals surface area contributed by atoms with Gasteiger partial charge in [-0.05, 0) is 70.8 Å². The summed E-state index contributed by atoms with van der Waals surface area (Å²) in [6.07, 6.45) is 9.64. The van der Waals surface area contributed by atoms with Gasteiger partial charge in [0, 0.05) is 31.1 Å². The number of methoxy groups -OCH3 is 1. The number of hydrogen-bond acceptors (Lipinski definition) is 9. The number of hydrogen-bond donors (Lipinski definition) is 1. The molecule has 6 rings (SSSR count). The molecule has 0 spiro atoms. The van der Waals surface area contributed by atoms with Crippen LogP contribution in [0.5, 0.6) is 5.88 Å². The molecule has 3 unspecified atom stereocenters. The predicted octanol–water partition coefficient (Wildman–Crippen LogP) is 5.22. The molecule has 1 N–H and O–H groups in total. The van der Waals surface area contributed by atoms with Gasteiger partial charge in [-0.2, -0.15) is 0 Å². The predicted molar refractivity (Wildman–Crippen MR) is 154 cm³/mol. The van der Waals surface area contributed by atoms with Crippen LogP contribution in [0.3, 0.4) is 0 Å². The van der Waals surface area contributed by atoms with E-state index < -0.39 is 0 Å². The zero-order chi connectivity index (χ0) is 27.8. The number of fused-ring (bicyclic) bond motifs is 2. The van der Waals surface area contributed by atoms with E-state index in [9.17, 15) is 4.79 Å². The first kappa shape index (κ1) is 27.2. The summed E-state index contributed by atoms with van der Waals surface area (Å²) < 4.78 is 13.8. The molecule has 3 aromatic heterocycles. The third-order valence-electron chi connectivity index (χ3n) is 9.15. The number of ether oxygens (including phenoxy) is 1. The van der Waals surface area contributed by atoms with Crippen molar-refractivity contribution in [2.75, 3.05) is 31.6 Å². The molecule has 1 aliphatic carbocycles. The minimum atomic E-state index is -0.221. The zero-order valence-electron chi connectivity index (χ0n) is 24.4. The number of ketones is 1. The van der Waals surface area contributed by atoms with Crippen molar-refractivity contribution in [1.29, 1.82) is 0 Å². The Hall–Kier alpha value is -3.01. The second-order valence-electron chi connectivity index (χ2n) is 12.0. The van der Waals surface area contributed by atoms with Crippen molar-refractivity contribution in [2.24, 2.45) is 5.92 Å². The van der Waals surface area contributed by atoms with E-state index in [1.54, 1.807) is 7.11 Å². The highest BCUT2D eigenvalue weighted by molar-refractivity contribution is 5.94. The molecule has 5 heterocycles. The molecule has 216 valence electrons. The van der Waals surface area contributed by atoms with Gasteiger partial charge in [-0.15, -0.1) is 5.10 Å². The summed E-state index contributed by atoms with van der Waals surface area (Å²) in [7, 11) is 1.67. The van der Waals surface area contributed by atoms with Gasteiger partial charge in [0.05, 0.1) is 19.1 Å². The van der Waals surface area contributed by atoms with E-state index in [-0.39, 0.29) is 17.7 Å². The molecule has 40 heavy (non-hydrogen) atoms. The van der Waals surface area contributed by atoms with Gasteiger partial charge in [-0.3, -0.25) is 4.79 Å². The lowest BCUT2D eigenvalue weighted by Crippen LogP contribution is -2.35. The van der Waals surface area contributed by atoms with Crippen LogP contribution in [-0.4, -0.2) is 63.5 Å². The molecular weight excluding hydrogens is 506 g/mol. The molecule has 2 aliphatic heterocycles. The SMILES string of the molecule is CCCCC(=O)C1CCCc2c(-c3nc(N4CCCC(C)C4)c4c(OC)nn([C@@H](C)C5CCCN5)c4n3)noc21. The van der Waals surface area contributed by atoms with Crippen molar-refractivity contribution in [3.05, 3.63) is 11.3 Å². The third-order valence-corrected chi connectivity index (χ3v) is 9.15. The highest BCUT2D eigenvalue weighted by Gasteiger charge is 2.35. The molecule has 0 radical (unpaired) electrons. The van der Waals surface area contributed by atoms with Crippen molar-refractivity contribution in [2.45, 2.75) is 103 Å². The largest absolute Gasteiger partial charge is 0.479 e. The van der Waals surface area contributed by atoms with Crippen LogP contribution in [-0.2, 0) is 11.2 Å². The topological polar surface area (TPSA) is 111 Å². The Morgan fingerprint density at radius 3 is 2.83 bits per heavy atom. The monoisotopic (exact) mass is 549 g/mol. The molecular formula is C30H43N7O3. The molecule has 10 nitrogen and oxygen atoms in total. The molecule has 3 aliphatic rings. The van der Waals surface area contributed by atoms with Crippen LogP contribution in [0.25, 0.3) is 22.6 Å². The fourth-order valence-corrected chi connectivity index (χ4v) is 6.89. The van der Waals surface area contributed by atoms with Crippen molar-refractivity contribution < 1.29 is 14.1 Å². The van der Waals surface area contributed by atoms with Crippen molar-refractivity contribution in [1.82, 2.24) is 30.2 Å². The average Bonchev–Trinajstić information content (AvgIpc) is 3.73. The fourth-order valence-electron chi connectivity index (χ4n) is 6.89. The van der Waals surface area contributed by atoms with Crippen LogP contribution in [0, 0.1) is 5.92 Å². The highest BCUT2D eigenvalue weighted by Crippen LogP contribution is 2.41. The van der Waals surface area contributed by atoms with Gasteiger partial charge < -0.3 is 19.5 Å². The van der Waals surface area contributed by atoms with Crippen LogP contribution in [0.4, 0.5) is 5.82 Å². The van der Waals surface area contributed by atoms with Crippen molar-refractivity contribution in [3.8, 4) is 17.4 Å². The number of unbranched alkanes of at least 4 members (excludes halogenated alkanes) is 1. The smallest absolute Gasteiger partial charge is 0.246 e. The van der Waals surface area contributed by atoms with E-state index in [1.807, 2.05) is 4.68 Å². The minimum absolute atomic E-state index is 0.0940. The average molecular weight is 550 g/mol. The molecule has 0 bridgehead atoms. The van der Waals surface area contributed by atoms with Crippen LogP contribution < -0.4 is 15.0 Å². The first-order valence-corrected chi connectivity index (χ1v) is 15.3. The van der Waals surface area contributed by atoms with Crippen molar-refractivity contribution in [3.63, 3.8) is 0 Å². The highest BCUT2D eigenvalue weighted by atomic mass is 16.5. The van der Waals surface area contributed by atoms with Crippen LogP contribution in [0.1, 0.15) is 102 Å². The van der Waals surface area contributed by atoms with E-state index in [4.69, 9.17) is 24.3 Å². The summed E-state index contributed by atoms with van der Waals surface area (Å²) in [5.41, 5.74) is 2.41. The maximum absolute atomic E-state index is 13.1. The molecule has 2 fully saturated rings. The number of aromatic nitrogens is 5. The minimum Gasteiger partial charge on any atom is -0.479 e. The fraction of sp³-hybridized carbons (Fsp3) is 0.700. The van der Waals surface area contributed by atoms with Gasteiger partial charge in [-0.1, -0.05) is 25.4 Å². The molecule has 0 aromatic carbocycles. The number of nitrogens with zero attached hydrogens (tertiary/aromatic N) is 6. The van der Waals surface area contributed by atoms with E-state index in [1.165, 1.54) is 6.42 Å². The number of carbonyl (C=O) groups excluding carboxylic acids is 1. The summed E-state index contributed by atoms with van der Waals surface area (Å²) >= 11 is 0. The van der Waals surface area contributed by atoms with Crippen LogP contribution in [0.2, 0.25) is 0 Å². The number of anilines is 1. The molecule has 2 saturated heterocycles. The molecule has 0 amide bonds. The summed E-state index contributed by atoms with van der Waals surface area (Å²) in [5, 5.41) is 13.9. The second kappa shape index (κ2) is 11.5. The standard InChI is InChI=1S/C30H43N7O3/c1-5-6-14-23(38)20-11-7-12-21-25(35-40-26(20)21)27-32-28(36-16-9-10-18(2)17-36)24-29(33-27)37(34-30(24)39-4)19(3)22-13-8-15-31-22/h18-20,22,31H,5-17H2,1-4H3/t18?,19-,20?,22?/m0/s1. The Kier molecular flexibility index (Phi) is 7.79. The number of carbonyl (C=O) groups is 1. The lowest BCUT2D eigenvalue weighted by Gasteiger charge is -2.32. The van der Waals surface area contributed by atoms with E-state index in [0.29, 0.717) is 41.5 Å². The van der Waals surface area contributed by atoms with Gasteiger partial charge in [0.25, 0.3) is 0 Å². The quantitative estimate of drug-likeness (QED) is 0.384. The van der Waals surface area contributed by atoms with Gasteiger partial charge in [0.1, 0.15) is 17.0 Å². The van der Waals surface area contributed by atoms with Crippen molar-refractivity contribution >= 4 is 22.6 Å². The van der Waals surface area contributed by atoms with Gasteiger partial charge in [0.15, 0.2) is 22.9 Å². The summed E-state index contributed by atoms with van der Waals surface area (Å²) in [4.78, 5) is 25.7. The lowest BCUT2D eigenvalue weighted by molar-refractivity contribution is -0.121. The number of Topliss-reactive ketones (excluding diaryl/α,β-unsaturated/α-hetero) is 1. The zero-order valence-corrected chi connectivity index (χ0v) is 24.4. The van der Waals surface area contributed by atoms with E-state index >= 15 is 0 Å². The number of piperidine rings is 1. The Labute approximate surface area is 236 Å². The number of nitrogens with one attached hydrogen (secondary N) is 1. The molecule has 4 atom stereocenters. The van der Waals surface area contributed by atoms with Gasteiger partial charge >= 0.3 is 0 Å². The summed E-state index contributed by atoms with van der Waals surface area (Å²) in [6, 6.07) is 0.413. The molecule has 10 heteroatoms. The molecule has 3 aromatic rings. The number of rotatable bonds is 9. The third kappa shape index (κ3) is 4.88. The van der Waals surface area contributed by atoms with E-state index in [2.05, 4.69) is 36.1 Å². The Balaban J connectivity index is 1.49.